The molecule has 0 N–H and O–H groups in total. The Labute approximate surface area is 182 Å². The molecule has 30 heavy (non-hydrogen) atoms. The molecule has 3 aromatic rings. The van der Waals surface area contributed by atoms with E-state index in [1.165, 1.54) is 11.1 Å². The van der Waals surface area contributed by atoms with Gasteiger partial charge in [0.1, 0.15) is 5.75 Å². The van der Waals surface area contributed by atoms with E-state index in [2.05, 4.69) is 63.0 Å². The predicted molar refractivity (Wildman–Crippen MR) is 121 cm³/mol. The van der Waals surface area contributed by atoms with Crippen molar-refractivity contribution in [3.8, 4) is 11.4 Å². The van der Waals surface area contributed by atoms with Crippen molar-refractivity contribution in [2.24, 2.45) is 0 Å². The Hall–Kier alpha value is -2.51. The van der Waals surface area contributed by atoms with E-state index in [0.29, 0.717) is 13.2 Å². The van der Waals surface area contributed by atoms with E-state index in [9.17, 15) is 0 Å². The third-order valence-electron chi connectivity index (χ3n) is 4.84. The zero-order valence-corrected chi connectivity index (χ0v) is 18.6. The van der Waals surface area contributed by atoms with Gasteiger partial charge in [-0.3, -0.25) is 4.57 Å². The first-order valence-electron chi connectivity index (χ1n) is 10.3. The molecule has 0 atom stereocenters. The van der Waals surface area contributed by atoms with Gasteiger partial charge >= 0.3 is 0 Å². The third kappa shape index (κ3) is 4.96. The number of aryl methyl sites for hydroxylation is 1. The van der Waals surface area contributed by atoms with Crippen molar-refractivity contribution in [3.63, 3.8) is 0 Å². The molecule has 0 amide bonds. The molecule has 0 saturated carbocycles. The number of thioether (sulfide) groups is 1. The van der Waals surface area contributed by atoms with Crippen LogP contribution >= 0.6 is 11.8 Å². The van der Waals surface area contributed by atoms with Crippen LogP contribution < -0.4 is 9.64 Å². The van der Waals surface area contributed by atoms with Crippen molar-refractivity contribution < 1.29 is 9.47 Å². The van der Waals surface area contributed by atoms with Crippen molar-refractivity contribution in [3.05, 3.63) is 59.7 Å². The van der Waals surface area contributed by atoms with E-state index in [0.717, 1.165) is 41.4 Å². The van der Waals surface area contributed by atoms with Gasteiger partial charge in [-0.05, 0) is 50.6 Å². The first-order valence-corrected chi connectivity index (χ1v) is 11.3. The third-order valence-corrected chi connectivity index (χ3v) is 5.84. The summed E-state index contributed by atoms with van der Waals surface area (Å²) in [5, 5.41) is 9.97. The number of anilines is 1. The maximum Gasteiger partial charge on any atom is 0.232 e. The molecule has 1 saturated heterocycles. The summed E-state index contributed by atoms with van der Waals surface area (Å²) in [5.74, 6) is 2.57. The Kier molecular flexibility index (Phi) is 6.59. The van der Waals surface area contributed by atoms with Crippen LogP contribution in [0.3, 0.4) is 0 Å². The molecule has 0 unspecified atom stereocenters. The monoisotopic (exact) mass is 424 g/mol. The zero-order valence-electron chi connectivity index (χ0n) is 17.7. The highest BCUT2D eigenvalue weighted by Gasteiger charge is 2.21. The molecular formula is C23H28N4O2S. The van der Waals surface area contributed by atoms with Crippen LogP contribution in [0.15, 0.2) is 53.7 Å². The second kappa shape index (κ2) is 9.53. The van der Waals surface area contributed by atoms with Crippen LogP contribution in [0.4, 0.5) is 5.95 Å². The summed E-state index contributed by atoms with van der Waals surface area (Å²) in [6, 6.07) is 16.8. The molecule has 1 aromatic heterocycles. The molecule has 1 fully saturated rings. The number of benzene rings is 2. The van der Waals surface area contributed by atoms with E-state index < -0.39 is 0 Å². The quantitative estimate of drug-likeness (QED) is 0.521. The predicted octanol–water partition coefficient (Wildman–Crippen LogP) is 4.49. The van der Waals surface area contributed by atoms with Gasteiger partial charge in [-0.2, -0.15) is 0 Å². The fraction of sp³-hybridized carbons (Fsp3) is 0.391. The van der Waals surface area contributed by atoms with E-state index in [1.807, 2.05) is 26.0 Å². The van der Waals surface area contributed by atoms with Crippen molar-refractivity contribution in [1.29, 1.82) is 0 Å². The number of hydrogen-bond donors (Lipinski definition) is 0. The number of ether oxygens (including phenoxy) is 2. The fourth-order valence-electron chi connectivity index (χ4n) is 3.37. The number of nitrogens with zero attached hydrogens (tertiary/aromatic N) is 4. The smallest absolute Gasteiger partial charge is 0.232 e. The molecule has 158 valence electrons. The van der Waals surface area contributed by atoms with Gasteiger partial charge in [-0.1, -0.05) is 41.6 Å². The number of morpholine rings is 1. The molecule has 1 aliphatic heterocycles. The highest BCUT2D eigenvalue weighted by molar-refractivity contribution is 7.98. The highest BCUT2D eigenvalue weighted by atomic mass is 32.2. The van der Waals surface area contributed by atoms with E-state index in [-0.39, 0.29) is 6.10 Å². The van der Waals surface area contributed by atoms with Crippen LogP contribution in [0.2, 0.25) is 0 Å². The lowest BCUT2D eigenvalue weighted by atomic mass is 10.2. The summed E-state index contributed by atoms with van der Waals surface area (Å²) in [6.07, 6.45) is 0.161. The van der Waals surface area contributed by atoms with Crippen LogP contribution in [0.25, 0.3) is 5.69 Å². The lowest BCUT2D eigenvalue weighted by Crippen LogP contribution is -2.37. The standard InChI is InChI=1S/C23H28N4O2S/c1-17(2)29-21-6-4-5-19(15-21)16-30-23-25-24-22(26-11-13-28-14-12-26)27(23)20-9-7-18(3)8-10-20/h4-10,15,17H,11-14,16H2,1-3H3. The van der Waals surface area contributed by atoms with Gasteiger partial charge in [-0.25, -0.2) is 0 Å². The van der Waals surface area contributed by atoms with Crippen molar-refractivity contribution in [2.75, 3.05) is 31.2 Å². The van der Waals surface area contributed by atoms with E-state index in [1.54, 1.807) is 11.8 Å². The SMILES string of the molecule is Cc1ccc(-n2c(SCc3cccc(OC(C)C)c3)nnc2N2CCOCC2)cc1. The molecule has 0 bridgehead atoms. The average Bonchev–Trinajstić information content (AvgIpc) is 3.17. The number of aromatic nitrogens is 3. The largest absolute Gasteiger partial charge is 0.491 e. The highest BCUT2D eigenvalue weighted by Crippen LogP contribution is 2.30. The van der Waals surface area contributed by atoms with Gasteiger partial charge in [0.2, 0.25) is 5.95 Å². The minimum atomic E-state index is 0.161. The Bertz CT molecular complexity index is 966. The normalized spacial score (nSPS) is 14.3. The summed E-state index contributed by atoms with van der Waals surface area (Å²) >= 11 is 1.69. The minimum Gasteiger partial charge on any atom is -0.491 e. The number of rotatable bonds is 7. The van der Waals surface area contributed by atoms with Crippen LogP contribution in [0.1, 0.15) is 25.0 Å². The molecule has 0 aliphatic carbocycles. The summed E-state index contributed by atoms with van der Waals surface area (Å²) in [5.41, 5.74) is 3.51. The first kappa shape index (κ1) is 20.8. The van der Waals surface area contributed by atoms with Crippen molar-refractivity contribution in [2.45, 2.75) is 37.8 Å². The maximum absolute atomic E-state index is 5.83. The second-order valence-electron chi connectivity index (χ2n) is 7.66. The van der Waals surface area contributed by atoms with Crippen LogP contribution in [-0.4, -0.2) is 47.2 Å². The van der Waals surface area contributed by atoms with Gasteiger partial charge in [0.25, 0.3) is 0 Å². The Balaban J connectivity index is 1.60. The molecule has 0 radical (unpaired) electrons. The summed E-state index contributed by atoms with van der Waals surface area (Å²) in [6.45, 7) is 9.25. The minimum absolute atomic E-state index is 0.161. The van der Waals surface area contributed by atoms with Crippen molar-refractivity contribution in [1.82, 2.24) is 14.8 Å². The molecule has 0 spiro atoms. The molecule has 2 heterocycles. The summed E-state index contributed by atoms with van der Waals surface area (Å²) in [7, 11) is 0. The van der Waals surface area contributed by atoms with Crippen LogP contribution in [-0.2, 0) is 10.5 Å². The van der Waals surface area contributed by atoms with E-state index >= 15 is 0 Å². The topological polar surface area (TPSA) is 52.4 Å². The summed E-state index contributed by atoms with van der Waals surface area (Å²) < 4.78 is 13.5. The zero-order chi connectivity index (χ0) is 20.9. The average molecular weight is 425 g/mol. The van der Waals surface area contributed by atoms with Crippen LogP contribution in [0, 0.1) is 6.92 Å². The van der Waals surface area contributed by atoms with Gasteiger partial charge in [-0.15, -0.1) is 10.2 Å². The number of hydrogen-bond acceptors (Lipinski definition) is 6. The first-order chi connectivity index (χ1) is 14.6. The lowest BCUT2D eigenvalue weighted by Gasteiger charge is -2.28. The van der Waals surface area contributed by atoms with Gasteiger partial charge in [0.05, 0.1) is 25.0 Å². The Morgan fingerprint density at radius 2 is 1.83 bits per heavy atom. The molecule has 7 heteroatoms. The van der Waals surface area contributed by atoms with E-state index in [4.69, 9.17) is 9.47 Å². The Morgan fingerprint density at radius 1 is 1.07 bits per heavy atom. The molecule has 1 aliphatic rings. The lowest BCUT2D eigenvalue weighted by molar-refractivity contribution is 0.122. The van der Waals surface area contributed by atoms with Gasteiger partial charge < -0.3 is 14.4 Å². The van der Waals surface area contributed by atoms with Crippen molar-refractivity contribution >= 4 is 17.7 Å². The maximum atomic E-state index is 5.83. The molecular weight excluding hydrogens is 396 g/mol. The van der Waals surface area contributed by atoms with Gasteiger partial charge in [0, 0.05) is 18.8 Å². The summed E-state index contributed by atoms with van der Waals surface area (Å²) in [4.78, 5) is 2.25. The molecule has 6 nitrogen and oxygen atoms in total. The Morgan fingerprint density at radius 3 is 2.57 bits per heavy atom. The fourth-order valence-corrected chi connectivity index (χ4v) is 4.26. The van der Waals surface area contributed by atoms with Crippen LogP contribution in [0.5, 0.6) is 5.75 Å². The molecule has 4 rings (SSSR count). The van der Waals surface area contributed by atoms with Gasteiger partial charge in [0.15, 0.2) is 5.16 Å². The second-order valence-corrected chi connectivity index (χ2v) is 8.60. The molecule has 2 aromatic carbocycles.